The van der Waals surface area contributed by atoms with Crippen LogP contribution in [0.15, 0.2) is 24.3 Å². The Hall–Kier alpha value is -2.29. The van der Waals surface area contributed by atoms with E-state index in [1.165, 1.54) is 4.90 Å². The third kappa shape index (κ3) is 5.90. The van der Waals surface area contributed by atoms with E-state index < -0.39 is 18.6 Å². The van der Waals surface area contributed by atoms with Gasteiger partial charge in [0.1, 0.15) is 5.75 Å². The fourth-order valence-corrected chi connectivity index (χ4v) is 4.42. The van der Waals surface area contributed by atoms with Gasteiger partial charge in [-0.2, -0.15) is 13.2 Å². The van der Waals surface area contributed by atoms with Crippen LogP contribution in [-0.2, 0) is 9.59 Å². The van der Waals surface area contributed by atoms with Crippen molar-refractivity contribution in [3.63, 3.8) is 0 Å². The van der Waals surface area contributed by atoms with Crippen molar-refractivity contribution in [2.24, 2.45) is 5.92 Å². The SMILES string of the molecule is CCOc1ccc(N(C(=O)C2CC(=O)N(CC)C2)C2CCN(CC(F)(F)F)CC2)cc1. The van der Waals surface area contributed by atoms with Crippen molar-refractivity contribution in [3.8, 4) is 5.75 Å². The second-order valence-electron chi connectivity index (χ2n) is 8.09. The molecule has 2 aliphatic rings. The summed E-state index contributed by atoms with van der Waals surface area (Å²) in [5, 5.41) is 0. The van der Waals surface area contributed by atoms with Crippen LogP contribution >= 0.6 is 0 Å². The van der Waals surface area contributed by atoms with Gasteiger partial charge >= 0.3 is 6.18 Å². The Morgan fingerprint density at radius 1 is 1.16 bits per heavy atom. The molecule has 0 bridgehead atoms. The summed E-state index contributed by atoms with van der Waals surface area (Å²) in [5.74, 6) is 0.0780. The fraction of sp³-hybridized carbons (Fsp3) is 0.636. The number of ether oxygens (including phenoxy) is 1. The van der Waals surface area contributed by atoms with Gasteiger partial charge in [0.15, 0.2) is 0 Å². The molecule has 3 rings (SSSR count). The number of hydrogen-bond acceptors (Lipinski definition) is 4. The van der Waals surface area contributed by atoms with E-state index in [4.69, 9.17) is 4.74 Å². The topological polar surface area (TPSA) is 53.1 Å². The summed E-state index contributed by atoms with van der Waals surface area (Å²) >= 11 is 0. The summed E-state index contributed by atoms with van der Waals surface area (Å²) in [6.07, 6.45) is -3.15. The average Bonchev–Trinajstić information content (AvgIpc) is 3.10. The van der Waals surface area contributed by atoms with E-state index in [2.05, 4.69) is 0 Å². The zero-order chi connectivity index (χ0) is 22.6. The van der Waals surface area contributed by atoms with Crippen molar-refractivity contribution in [1.82, 2.24) is 9.80 Å². The van der Waals surface area contributed by atoms with E-state index in [1.807, 2.05) is 13.8 Å². The molecule has 172 valence electrons. The van der Waals surface area contributed by atoms with Crippen LogP contribution in [0.3, 0.4) is 0 Å². The van der Waals surface area contributed by atoms with Crippen molar-refractivity contribution in [1.29, 1.82) is 0 Å². The zero-order valence-corrected chi connectivity index (χ0v) is 18.0. The van der Waals surface area contributed by atoms with Gasteiger partial charge in [-0.25, -0.2) is 0 Å². The molecule has 1 atom stereocenters. The highest BCUT2D eigenvalue weighted by atomic mass is 19.4. The van der Waals surface area contributed by atoms with Gasteiger partial charge in [-0.05, 0) is 51.0 Å². The number of nitrogens with zero attached hydrogens (tertiary/aromatic N) is 3. The summed E-state index contributed by atoms with van der Waals surface area (Å²) in [6, 6.07) is 6.98. The molecule has 1 aromatic rings. The van der Waals surface area contributed by atoms with Gasteiger partial charge in [-0.15, -0.1) is 0 Å². The van der Waals surface area contributed by atoms with Gasteiger partial charge in [0, 0.05) is 44.3 Å². The number of piperidine rings is 1. The molecule has 0 spiro atoms. The molecule has 2 fully saturated rings. The van der Waals surface area contributed by atoms with Crippen molar-refractivity contribution in [2.75, 3.05) is 44.2 Å². The van der Waals surface area contributed by atoms with Crippen molar-refractivity contribution in [3.05, 3.63) is 24.3 Å². The Morgan fingerprint density at radius 2 is 1.81 bits per heavy atom. The Balaban J connectivity index is 1.78. The molecule has 0 aromatic heterocycles. The minimum absolute atomic E-state index is 0.0347. The van der Waals surface area contributed by atoms with Crippen LogP contribution in [0.1, 0.15) is 33.1 Å². The smallest absolute Gasteiger partial charge is 0.401 e. The molecule has 31 heavy (non-hydrogen) atoms. The molecule has 2 saturated heterocycles. The van der Waals surface area contributed by atoms with Gasteiger partial charge in [0.25, 0.3) is 0 Å². The number of rotatable bonds is 7. The first-order valence-corrected chi connectivity index (χ1v) is 10.8. The first-order valence-electron chi connectivity index (χ1n) is 10.8. The van der Waals surface area contributed by atoms with E-state index in [0.717, 1.165) is 0 Å². The highest BCUT2D eigenvalue weighted by molar-refractivity contribution is 5.99. The number of amides is 2. The van der Waals surface area contributed by atoms with Gasteiger partial charge in [-0.3, -0.25) is 14.5 Å². The van der Waals surface area contributed by atoms with E-state index in [0.29, 0.717) is 44.0 Å². The second kappa shape index (κ2) is 9.89. The Kier molecular flexibility index (Phi) is 7.46. The Morgan fingerprint density at radius 3 is 2.32 bits per heavy atom. The highest BCUT2D eigenvalue weighted by Crippen LogP contribution is 2.31. The molecule has 0 aliphatic carbocycles. The van der Waals surface area contributed by atoms with E-state index >= 15 is 0 Å². The molecular weight excluding hydrogens is 411 g/mol. The fourth-order valence-electron chi connectivity index (χ4n) is 4.42. The lowest BCUT2D eigenvalue weighted by Crippen LogP contribution is -2.51. The van der Waals surface area contributed by atoms with Crippen LogP contribution in [-0.4, -0.2) is 73.2 Å². The van der Waals surface area contributed by atoms with Gasteiger partial charge in [-0.1, -0.05) is 0 Å². The van der Waals surface area contributed by atoms with Crippen molar-refractivity contribution >= 4 is 17.5 Å². The lowest BCUT2D eigenvalue weighted by molar-refractivity contribution is -0.148. The predicted molar refractivity (Wildman–Crippen MR) is 111 cm³/mol. The lowest BCUT2D eigenvalue weighted by Gasteiger charge is -2.39. The average molecular weight is 441 g/mol. The number of anilines is 1. The molecule has 9 heteroatoms. The van der Waals surface area contributed by atoms with Gasteiger partial charge in [0.2, 0.25) is 11.8 Å². The molecule has 0 N–H and O–H groups in total. The molecular formula is C22H30F3N3O3. The van der Waals surface area contributed by atoms with Crippen LogP contribution < -0.4 is 9.64 Å². The second-order valence-corrected chi connectivity index (χ2v) is 8.09. The van der Waals surface area contributed by atoms with Crippen LogP contribution in [0.25, 0.3) is 0 Å². The third-order valence-electron chi connectivity index (χ3n) is 5.93. The predicted octanol–water partition coefficient (Wildman–Crippen LogP) is 3.31. The summed E-state index contributed by atoms with van der Waals surface area (Å²) in [6.45, 7) is 4.85. The molecule has 1 unspecified atom stereocenters. The monoisotopic (exact) mass is 441 g/mol. The van der Waals surface area contributed by atoms with Crippen LogP contribution in [0.4, 0.5) is 18.9 Å². The molecule has 0 radical (unpaired) electrons. The largest absolute Gasteiger partial charge is 0.494 e. The molecule has 0 saturated carbocycles. The van der Waals surface area contributed by atoms with Gasteiger partial charge < -0.3 is 14.5 Å². The molecule has 2 amide bonds. The summed E-state index contributed by atoms with van der Waals surface area (Å²) in [4.78, 5) is 30.4. The Labute approximate surface area is 180 Å². The number of alkyl halides is 3. The van der Waals surface area contributed by atoms with Crippen LogP contribution in [0.5, 0.6) is 5.75 Å². The minimum atomic E-state index is -4.23. The lowest BCUT2D eigenvalue weighted by atomic mass is 9.98. The summed E-state index contributed by atoms with van der Waals surface area (Å²) in [5.41, 5.74) is 0.685. The number of likely N-dealkylation sites (tertiary alicyclic amines) is 2. The molecule has 2 heterocycles. The number of carbonyl (C=O) groups is 2. The van der Waals surface area contributed by atoms with Crippen molar-refractivity contribution < 1.29 is 27.5 Å². The standard InChI is InChI=1S/C22H30F3N3O3/c1-3-27-14-16(13-20(27)29)21(30)28(17-5-7-19(8-6-17)31-4-2)18-9-11-26(12-10-18)15-22(23,24)25/h5-8,16,18H,3-4,9-15H2,1-2H3. The first-order chi connectivity index (χ1) is 14.7. The van der Waals surface area contributed by atoms with Crippen molar-refractivity contribution in [2.45, 2.75) is 45.3 Å². The Bertz CT molecular complexity index is 762. The summed E-state index contributed by atoms with van der Waals surface area (Å²) in [7, 11) is 0. The van der Waals surface area contributed by atoms with Crippen LogP contribution in [0, 0.1) is 5.92 Å². The maximum absolute atomic E-state index is 13.5. The maximum Gasteiger partial charge on any atom is 0.401 e. The molecule has 1 aromatic carbocycles. The quantitative estimate of drug-likeness (QED) is 0.652. The maximum atomic E-state index is 13.5. The normalized spacial score (nSPS) is 20.9. The van der Waals surface area contributed by atoms with E-state index in [9.17, 15) is 22.8 Å². The minimum Gasteiger partial charge on any atom is -0.494 e. The van der Waals surface area contributed by atoms with E-state index in [1.54, 1.807) is 34.1 Å². The number of benzene rings is 1. The highest BCUT2D eigenvalue weighted by Gasteiger charge is 2.40. The number of carbonyl (C=O) groups excluding carboxylic acids is 2. The zero-order valence-electron chi connectivity index (χ0n) is 18.0. The number of halogens is 3. The molecule has 6 nitrogen and oxygen atoms in total. The first kappa shape index (κ1) is 23.4. The van der Waals surface area contributed by atoms with Gasteiger partial charge in [0.05, 0.1) is 19.1 Å². The van der Waals surface area contributed by atoms with Crippen LogP contribution in [0.2, 0.25) is 0 Å². The van der Waals surface area contributed by atoms with E-state index in [-0.39, 0.29) is 37.4 Å². The summed E-state index contributed by atoms with van der Waals surface area (Å²) < 4.78 is 43.7. The third-order valence-corrected chi connectivity index (χ3v) is 5.93. The molecule has 2 aliphatic heterocycles. The number of hydrogen-bond donors (Lipinski definition) is 0.